The van der Waals surface area contributed by atoms with Crippen LogP contribution >= 0.6 is 0 Å². The molecule has 0 spiro atoms. The van der Waals surface area contributed by atoms with Crippen molar-refractivity contribution in [2.45, 2.75) is 13.5 Å². The molecule has 1 fully saturated rings. The lowest BCUT2D eigenvalue weighted by molar-refractivity contribution is 0.233. The van der Waals surface area contributed by atoms with Crippen LogP contribution in [0.15, 0.2) is 18.3 Å². The lowest BCUT2D eigenvalue weighted by atomic mass is 10.2. The zero-order valence-electron chi connectivity index (χ0n) is 10.8. The zero-order chi connectivity index (χ0) is 12.1. The maximum atomic E-state index is 4.50. The van der Waals surface area contributed by atoms with Crippen LogP contribution in [0, 0.1) is 0 Å². The lowest BCUT2D eigenvalue weighted by Gasteiger charge is -2.27. The number of pyridine rings is 1. The van der Waals surface area contributed by atoms with Gasteiger partial charge in [-0.2, -0.15) is 0 Å². The molecule has 0 unspecified atom stereocenters. The van der Waals surface area contributed by atoms with E-state index in [0.29, 0.717) is 0 Å². The average molecular weight is 234 g/mol. The minimum absolute atomic E-state index is 0.990. The Kier molecular flexibility index (Phi) is 4.34. The van der Waals surface area contributed by atoms with Gasteiger partial charge >= 0.3 is 0 Å². The third kappa shape index (κ3) is 3.41. The Labute approximate surface area is 104 Å². The third-order valence-electron chi connectivity index (χ3n) is 3.29. The van der Waals surface area contributed by atoms with Gasteiger partial charge in [-0.15, -0.1) is 0 Å². The molecule has 0 saturated carbocycles. The lowest BCUT2D eigenvalue weighted by Crippen LogP contribution is -2.42. The van der Waals surface area contributed by atoms with Crippen molar-refractivity contribution < 1.29 is 0 Å². The quantitative estimate of drug-likeness (QED) is 0.840. The van der Waals surface area contributed by atoms with Gasteiger partial charge in [0.15, 0.2) is 0 Å². The summed E-state index contributed by atoms with van der Waals surface area (Å²) < 4.78 is 0. The molecule has 1 saturated heterocycles. The molecule has 0 atom stereocenters. The highest BCUT2D eigenvalue weighted by Gasteiger charge is 2.10. The van der Waals surface area contributed by atoms with E-state index < -0.39 is 0 Å². The Balaban J connectivity index is 1.93. The Bertz CT molecular complexity index is 330. The van der Waals surface area contributed by atoms with Crippen LogP contribution in [-0.2, 0) is 6.54 Å². The van der Waals surface area contributed by atoms with Crippen LogP contribution < -0.4 is 10.2 Å². The molecule has 4 nitrogen and oxygen atoms in total. The molecule has 1 N–H and O–H groups in total. The highest BCUT2D eigenvalue weighted by Crippen LogP contribution is 2.11. The summed E-state index contributed by atoms with van der Waals surface area (Å²) >= 11 is 0. The van der Waals surface area contributed by atoms with E-state index in [1.807, 2.05) is 6.20 Å². The molecule has 2 rings (SSSR count). The van der Waals surface area contributed by atoms with Gasteiger partial charge in [0.05, 0.1) is 0 Å². The monoisotopic (exact) mass is 234 g/mol. The van der Waals surface area contributed by atoms with Gasteiger partial charge in [-0.1, -0.05) is 6.07 Å². The summed E-state index contributed by atoms with van der Waals surface area (Å²) in [6.45, 7) is 8.62. The van der Waals surface area contributed by atoms with Crippen molar-refractivity contribution in [3.8, 4) is 0 Å². The number of rotatable bonds is 4. The molecule has 4 heteroatoms. The number of aromatic nitrogens is 1. The number of nitrogens with one attached hydrogen (secondary N) is 1. The molecular formula is C13H22N4. The van der Waals surface area contributed by atoms with Gasteiger partial charge in [0.1, 0.15) is 5.82 Å². The fourth-order valence-corrected chi connectivity index (χ4v) is 2.03. The van der Waals surface area contributed by atoms with Crippen molar-refractivity contribution >= 4 is 5.82 Å². The normalized spacial score (nSPS) is 17.1. The molecule has 1 aliphatic rings. The number of nitrogens with zero attached hydrogens (tertiary/aromatic N) is 3. The highest BCUT2D eigenvalue weighted by molar-refractivity contribution is 5.37. The summed E-state index contributed by atoms with van der Waals surface area (Å²) in [6, 6.07) is 4.30. The second-order valence-corrected chi connectivity index (χ2v) is 4.56. The average Bonchev–Trinajstić information content (AvgIpc) is 2.40. The van der Waals surface area contributed by atoms with Crippen LogP contribution in [0.25, 0.3) is 0 Å². The molecule has 1 aromatic rings. The predicted molar refractivity (Wildman–Crippen MR) is 71.3 cm³/mol. The molecule has 0 radical (unpaired) electrons. The van der Waals surface area contributed by atoms with E-state index >= 15 is 0 Å². The van der Waals surface area contributed by atoms with Gasteiger partial charge in [-0.25, -0.2) is 4.98 Å². The van der Waals surface area contributed by atoms with Crippen molar-refractivity contribution in [2.24, 2.45) is 0 Å². The van der Waals surface area contributed by atoms with E-state index in [1.54, 1.807) is 0 Å². The van der Waals surface area contributed by atoms with Crippen LogP contribution in [0.3, 0.4) is 0 Å². The smallest absolute Gasteiger partial charge is 0.128 e. The first-order valence-corrected chi connectivity index (χ1v) is 6.38. The summed E-state index contributed by atoms with van der Waals surface area (Å²) in [5, 5.41) is 3.37. The van der Waals surface area contributed by atoms with Crippen molar-refractivity contribution in [1.29, 1.82) is 0 Å². The minimum Gasteiger partial charge on any atom is -0.360 e. The van der Waals surface area contributed by atoms with E-state index in [0.717, 1.165) is 45.1 Å². The summed E-state index contributed by atoms with van der Waals surface area (Å²) in [4.78, 5) is 9.11. The topological polar surface area (TPSA) is 31.4 Å². The zero-order valence-corrected chi connectivity index (χ0v) is 10.8. The second kappa shape index (κ2) is 5.98. The van der Waals surface area contributed by atoms with Crippen molar-refractivity contribution in [2.75, 3.05) is 44.7 Å². The fraction of sp³-hybridized carbons (Fsp3) is 0.615. The van der Waals surface area contributed by atoms with Gasteiger partial charge in [0.2, 0.25) is 0 Å². The molecule has 0 bridgehead atoms. The highest BCUT2D eigenvalue weighted by atomic mass is 15.2. The van der Waals surface area contributed by atoms with E-state index in [4.69, 9.17) is 0 Å². The number of anilines is 1. The summed E-state index contributed by atoms with van der Waals surface area (Å²) in [5.41, 5.74) is 1.31. The van der Waals surface area contributed by atoms with Crippen LogP contribution in [0.1, 0.15) is 12.5 Å². The number of hydrogen-bond acceptors (Lipinski definition) is 4. The van der Waals surface area contributed by atoms with Gasteiger partial charge < -0.3 is 10.2 Å². The SMILES string of the molecule is CCN(C)c1ccc(CN2CCNCC2)cn1. The van der Waals surface area contributed by atoms with Gasteiger partial charge in [-0.05, 0) is 18.6 Å². The van der Waals surface area contributed by atoms with E-state index in [2.05, 4.69) is 46.2 Å². The maximum Gasteiger partial charge on any atom is 0.128 e. The summed E-state index contributed by atoms with van der Waals surface area (Å²) in [6.07, 6.45) is 2.00. The third-order valence-corrected chi connectivity index (χ3v) is 3.29. The maximum absolute atomic E-state index is 4.50. The summed E-state index contributed by atoms with van der Waals surface area (Å²) in [7, 11) is 2.07. The Morgan fingerprint density at radius 1 is 1.35 bits per heavy atom. The molecule has 0 amide bonds. The first-order valence-electron chi connectivity index (χ1n) is 6.38. The first-order chi connectivity index (χ1) is 8.29. The van der Waals surface area contributed by atoms with Gasteiger partial charge in [0, 0.05) is 52.5 Å². The second-order valence-electron chi connectivity index (χ2n) is 4.56. The van der Waals surface area contributed by atoms with Gasteiger partial charge in [-0.3, -0.25) is 4.90 Å². The Morgan fingerprint density at radius 2 is 2.12 bits per heavy atom. The van der Waals surface area contributed by atoms with Crippen LogP contribution in [0.5, 0.6) is 0 Å². The molecule has 17 heavy (non-hydrogen) atoms. The van der Waals surface area contributed by atoms with Crippen molar-refractivity contribution in [1.82, 2.24) is 15.2 Å². The largest absolute Gasteiger partial charge is 0.360 e. The minimum atomic E-state index is 0.990. The van der Waals surface area contributed by atoms with Crippen LogP contribution in [0.4, 0.5) is 5.82 Å². The molecule has 94 valence electrons. The molecule has 1 aromatic heterocycles. The standard InChI is InChI=1S/C13H22N4/c1-3-16(2)13-5-4-12(10-15-13)11-17-8-6-14-7-9-17/h4-5,10,14H,3,6-9,11H2,1-2H3. The molecular weight excluding hydrogens is 212 g/mol. The molecule has 0 aliphatic carbocycles. The van der Waals surface area contributed by atoms with Crippen molar-refractivity contribution in [3.63, 3.8) is 0 Å². The molecule has 0 aromatic carbocycles. The first kappa shape index (κ1) is 12.3. The summed E-state index contributed by atoms with van der Waals surface area (Å²) in [5.74, 6) is 1.05. The fourth-order valence-electron chi connectivity index (χ4n) is 2.03. The van der Waals surface area contributed by atoms with Crippen LogP contribution in [0.2, 0.25) is 0 Å². The van der Waals surface area contributed by atoms with E-state index in [-0.39, 0.29) is 0 Å². The predicted octanol–water partition coefficient (Wildman–Crippen LogP) is 0.943. The van der Waals surface area contributed by atoms with Crippen LogP contribution in [-0.4, -0.2) is 49.7 Å². The number of piperazine rings is 1. The van der Waals surface area contributed by atoms with Gasteiger partial charge in [0.25, 0.3) is 0 Å². The number of hydrogen-bond donors (Lipinski definition) is 1. The Hall–Kier alpha value is -1.13. The van der Waals surface area contributed by atoms with E-state index in [1.165, 1.54) is 5.56 Å². The molecule has 2 heterocycles. The van der Waals surface area contributed by atoms with E-state index in [9.17, 15) is 0 Å². The van der Waals surface area contributed by atoms with Crippen molar-refractivity contribution in [3.05, 3.63) is 23.9 Å². The molecule has 1 aliphatic heterocycles. The Morgan fingerprint density at radius 3 is 2.71 bits per heavy atom.